The highest BCUT2D eigenvalue weighted by molar-refractivity contribution is 7.99. The van der Waals surface area contributed by atoms with Gasteiger partial charge in [-0.05, 0) is 39.3 Å². The van der Waals surface area contributed by atoms with Crippen LogP contribution in [-0.2, 0) is 0 Å². The SMILES string of the molecule is C#CCSCCN1CCC(NCCC)CC1C. The molecule has 1 N–H and O–H groups in total. The molecule has 0 aromatic rings. The van der Waals surface area contributed by atoms with E-state index in [1.165, 1.54) is 38.1 Å². The minimum atomic E-state index is 0.713. The van der Waals surface area contributed by atoms with Crippen molar-refractivity contribution in [1.29, 1.82) is 0 Å². The molecule has 98 valence electrons. The van der Waals surface area contributed by atoms with Gasteiger partial charge in [0.2, 0.25) is 0 Å². The highest BCUT2D eigenvalue weighted by Gasteiger charge is 2.24. The molecule has 1 aliphatic rings. The fraction of sp³-hybridized carbons (Fsp3) is 0.857. The van der Waals surface area contributed by atoms with E-state index in [1.807, 2.05) is 11.8 Å². The highest BCUT2D eigenvalue weighted by atomic mass is 32.2. The molecular formula is C14H26N2S. The van der Waals surface area contributed by atoms with Crippen LogP contribution in [0.4, 0.5) is 0 Å². The number of hydrogen-bond donors (Lipinski definition) is 1. The van der Waals surface area contributed by atoms with Crippen molar-refractivity contribution >= 4 is 11.8 Å². The summed E-state index contributed by atoms with van der Waals surface area (Å²) in [6.45, 7) is 8.17. The number of hydrogen-bond acceptors (Lipinski definition) is 3. The van der Waals surface area contributed by atoms with Gasteiger partial charge in [-0.1, -0.05) is 12.8 Å². The number of likely N-dealkylation sites (tertiary alicyclic amines) is 1. The van der Waals surface area contributed by atoms with Gasteiger partial charge in [-0.2, -0.15) is 0 Å². The molecule has 0 radical (unpaired) electrons. The number of terminal acetylenes is 1. The van der Waals surface area contributed by atoms with Crippen LogP contribution in [0.3, 0.4) is 0 Å². The molecule has 0 aliphatic carbocycles. The van der Waals surface area contributed by atoms with Crippen molar-refractivity contribution in [3.05, 3.63) is 0 Å². The molecule has 1 aliphatic heterocycles. The molecule has 2 atom stereocenters. The maximum Gasteiger partial charge on any atom is 0.0545 e. The van der Waals surface area contributed by atoms with E-state index in [1.54, 1.807) is 0 Å². The maximum atomic E-state index is 5.25. The zero-order valence-electron chi connectivity index (χ0n) is 11.2. The largest absolute Gasteiger partial charge is 0.314 e. The van der Waals surface area contributed by atoms with Crippen LogP contribution in [0.2, 0.25) is 0 Å². The first kappa shape index (κ1) is 14.9. The first-order valence-corrected chi connectivity index (χ1v) is 7.92. The van der Waals surface area contributed by atoms with Crippen LogP contribution < -0.4 is 5.32 Å². The molecule has 0 aromatic heterocycles. The van der Waals surface area contributed by atoms with Crippen LogP contribution in [0.25, 0.3) is 0 Å². The lowest BCUT2D eigenvalue weighted by molar-refractivity contribution is 0.145. The van der Waals surface area contributed by atoms with Gasteiger partial charge in [-0.25, -0.2) is 0 Å². The van der Waals surface area contributed by atoms with Gasteiger partial charge in [-0.3, -0.25) is 4.90 Å². The first-order valence-electron chi connectivity index (χ1n) is 6.76. The molecule has 0 saturated carbocycles. The van der Waals surface area contributed by atoms with Gasteiger partial charge in [0.15, 0.2) is 0 Å². The van der Waals surface area contributed by atoms with Crippen molar-refractivity contribution < 1.29 is 0 Å². The molecule has 0 bridgehead atoms. The van der Waals surface area contributed by atoms with Crippen molar-refractivity contribution in [2.75, 3.05) is 31.1 Å². The first-order chi connectivity index (χ1) is 8.27. The molecule has 0 aromatic carbocycles. The van der Waals surface area contributed by atoms with Crippen molar-refractivity contribution in [2.24, 2.45) is 0 Å². The van der Waals surface area contributed by atoms with Crippen molar-refractivity contribution in [3.8, 4) is 12.3 Å². The third kappa shape index (κ3) is 5.81. The summed E-state index contributed by atoms with van der Waals surface area (Å²) in [5.41, 5.74) is 0. The van der Waals surface area contributed by atoms with E-state index in [4.69, 9.17) is 6.42 Å². The summed E-state index contributed by atoms with van der Waals surface area (Å²) >= 11 is 1.87. The quantitative estimate of drug-likeness (QED) is 0.554. The van der Waals surface area contributed by atoms with E-state index in [9.17, 15) is 0 Å². The Morgan fingerprint density at radius 3 is 3.00 bits per heavy atom. The number of nitrogens with zero attached hydrogens (tertiary/aromatic N) is 1. The summed E-state index contributed by atoms with van der Waals surface area (Å²) in [6, 6.07) is 1.45. The molecular weight excluding hydrogens is 228 g/mol. The maximum absolute atomic E-state index is 5.25. The molecule has 2 nitrogen and oxygen atoms in total. The van der Waals surface area contributed by atoms with Crippen LogP contribution in [0, 0.1) is 12.3 Å². The smallest absolute Gasteiger partial charge is 0.0545 e. The van der Waals surface area contributed by atoms with Gasteiger partial charge < -0.3 is 5.32 Å². The minimum Gasteiger partial charge on any atom is -0.314 e. The Bertz CT molecular complexity index is 237. The van der Waals surface area contributed by atoms with E-state index in [0.717, 1.165) is 18.3 Å². The predicted molar refractivity (Wildman–Crippen MR) is 78.5 cm³/mol. The molecule has 2 unspecified atom stereocenters. The molecule has 0 amide bonds. The summed E-state index contributed by atoms with van der Waals surface area (Å²) < 4.78 is 0. The topological polar surface area (TPSA) is 15.3 Å². The summed E-state index contributed by atoms with van der Waals surface area (Å²) in [4.78, 5) is 2.60. The second-order valence-corrected chi connectivity index (χ2v) is 5.92. The number of rotatable bonds is 7. The second kappa shape index (κ2) is 8.85. The van der Waals surface area contributed by atoms with Gasteiger partial charge in [0.25, 0.3) is 0 Å². The lowest BCUT2D eigenvalue weighted by Crippen LogP contribution is -2.48. The van der Waals surface area contributed by atoms with Gasteiger partial charge in [-0.15, -0.1) is 18.2 Å². The molecule has 0 spiro atoms. The van der Waals surface area contributed by atoms with Gasteiger partial charge in [0.05, 0.1) is 5.75 Å². The zero-order valence-corrected chi connectivity index (χ0v) is 12.1. The Labute approximate surface area is 111 Å². The number of thioether (sulfide) groups is 1. The van der Waals surface area contributed by atoms with Crippen LogP contribution in [0.15, 0.2) is 0 Å². The Morgan fingerprint density at radius 2 is 2.35 bits per heavy atom. The Balaban J connectivity index is 2.16. The van der Waals surface area contributed by atoms with Crippen molar-refractivity contribution in [3.63, 3.8) is 0 Å². The average molecular weight is 254 g/mol. The predicted octanol–water partition coefficient (Wildman–Crippen LogP) is 2.21. The summed E-state index contributed by atoms with van der Waals surface area (Å²) in [5.74, 6) is 4.70. The van der Waals surface area contributed by atoms with E-state index >= 15 is 0 Å². The number of piperidine rings is 1. The van der Waals surface area contributed by atoms with E-state index in [2.05, 4.69) is 30.0 Å². The fourth-order valence-corrected chi connectivity index (χ4v) is 3.03. The lowest BCUT2D eigenvalue weighted by atomic mass is 9.98. The Morgan fingerprint density at radius 1 is 1.53 bits per heavy atom. The van der Waals surface area contributed by atoms with Crippen molar-refractivity contribution in [1.82, 2.24) is 10.2 Å². The van der Waals surface area contributed by atoms with E-state index < -0.39 is 0 Å². The third-order valence-electron chi connectivity index (χ3n) is 3.40. The Kier molecular flexibility index (Phi) is 7.75. The molecule has 17 heavy (non-hydrogen) atoms. The minimum absolute atomic E-state index is 0.713. The summed E-state index contributed by atoms with van der Waals surface area (Å²) in [7, 11) is 0. The zero-order chi connectivity index (χ0) is 12.5. The van der Waals surface area contributed by atoms with Crippen LogP contribution >= 0.6 is 11.8 Å². The second-order valence-electron chi connectivity index (χ2n) is 4.82. The summed E-state index contributed by atoms with van der Waals surface area (Å²) in [6.07, 6.45) is 9.07. The molecule has 1 saturated heterocycles. The van der Waals surface area contributed by atoms with Crippen LogP contribution in [0.1, 0.15) is 33.1 Å². The van der Waals surface area contributed by atoms with Gasteiger partial charge >= 0.3 is 0 Å². The summed E-state index contributed by atoms with van der Waals surface area (Å²) in [5, 5.41) is 3.64. The normalized spacial score (nSPS) is 25.7. The lowest BCUT2D eigenvalue weighted by Gasteiger charge is -2.38. The molecule has 3 heteroatoms. The molecule has 1 fully saturated rings. The number of nitrogens with one attached hydrogen (secondary N) is 1. The van der Waals surface area contributed by atoms with Crippen LogP contribution in [0.5, 0.6) is 0 Å². The average Bonchev–Trinajstić information content (AvgIpc) is 2.34. The van der Waals surface area contributed by atoms with Crippen LogP contribution in [-0.4, -0.2) is 48.1 Å². The monoisotopic (exact) mass is 254 g/mol. The van der Waals surface area contributed by atoms with Crippen molar-refractivity contribution in [2.45, 2.75) is 45.2 Å². The van der Waals surface area contributed by atoms with Gasteiger partial charge in [0, 0.05) is 24.4 Å². The molecule has 1 heterocycles. The standard InChI is InChI=1S/C14H26N2S/c1-4-7-15-14-6-8-16(13(3)12-14)9-11-17-10-5-2/h2,13-15H,4,6-12H2,1,3H3. The van der Waals surface area contributed by atoms with E-state index in [0.29, 0.717) is 6.04 Å². The fourth-order valence-electron chi connectivity index (χ4n) is 2.40. The molecule has 1 rings (SSSR count). The van der Waals surface area contributed by atoms with E-state index in [-0.39, 0.29) is 0 Å². The third-order valence-corrected chi connectivity index (χ3v) is 4.25. The highest BCUT2D eigenvalue weighted by Crippen LogP contribution is 2.17. The van der Waals surface area contributed by atoms with Gasteiger partial charge in [0.1, 0.15) is 0 Å². The Hall–Kier alpha value is -0.170.